The lowest BCUT2D eigenvalue weighted by Gasteiger charge is -1.96. The van der Waals surface area contributed by atoms with Gasteiger partial charge in [0.05, 0.1) is 12.4 Å². The second-order valence-corrected chi connectivity index (χ2v) is 2.54. The van der Waals surface area contributed by atoms with Crippen molar-refractivity contribution in [2.24, 2.45) is 4.99 Å². The van der Waals surface area contributed by atoms with E-state index in [-0.39, 0.29) is 0 Å². The zero-order valence-electron chi connectivity index (χ0n) is 6.65. The largest absolute Gasteiger partial charge is 0.346 e. The first kappa shape index (κ1) is 7.32. The van der Waals surface area contributed by atoms with E-state index in [0.717, 1.165) is 18.8 Å². The number of hydrogen-bond donors (Lipinski definition) is 1. The van der Waals surface area contributed by atoms with Crippen molar-refractivity contribution in [3.63, 3.8) is 0 Å². The molecule has 0 bridgehead atoms. The van der Waals surface area contributed by atoms with Crippen LogP contribution in [0.3, 0.4) is 0 Å². The summed E-state index contributed by atoms with van der Waals surface area (Å²) in [6.07, 6.45) is 4.59. The van der Waals surface area contributed by atoms with Gasteiger partial charge in [-0.2, -0.15) is 0 Å². The predicted octanol–water partition coefficient (Wildman–Crippen LogP) is 1.69. The first-order valence-corrected chi connectivity index (χ1v) is 3.80. The Morgan fingerprint density at radius 2 is 2.50 bits per heavy atom. The van der Waals surface area contributed by atoms with Gasteiger partial charge in [0.25, 0.3) is 0 Å². The molecule has 1 heterocycles. The Bertz CT molecular complexity index is 168. The molecule has 1 N–H and O–H groups in total. The van der Waals surface area contributed by atoms with E-state index >= 15 is 0 Å². The van der Waals surface area contributed by atoms with Crippen LogP contribution in [-0.2, 0) is 0 Å². The summed E-state index contributed by atoms with van der Waals surface area (Å²) in [7, 11) is 0. The monoisotopic (exact) mass is 138 g/mol. The minimum absolute atomic E-state index is 0.853. The SMILES string of the molecule is CCC/C=C1\CN=C(C)N1. The molecule has 2 nitrogen and oxygen atoms in total. The summed E-state index contributed by atoms with van der Waals surface area (Å²) in [5, 5.41) is 3.20. The van der Waals surface area contributed by atoms with Gasteiger partial charge in [0.15, 0.2) is 0 Å². The normalized spacial score (nSPS) is 21.0. The molecule has 0 aliphatic carbocycles. The van der Waals surface area contributed by atoms with E-state index in [9.17, 15) is 0 Å². The van der Waals surface area contributed by atoms with Crippen molar-refractivity contribution in [1.82, 2.24) is 5.32 Å². The topological polar surface area (TPSA) is 24.4 Å². The molecule has 56 valence electrons. The van der Waals surface area contributed by atoms with Crippen LogP contribution >= 0.6 is 0 Å². The van der Waals surface area contributed by atoms with Crippen molar-refractivity contribution < 1.29 is 0 Å². The van der Waals surface area contributed by atoms with Crippen LogP contribution in [0, 0.1) is 0 Å². The van der Waals surface area contributed by atoms with Gasteiger partial charge in [0.2, 0.25) is 0 Å². The maximum Gasteiger partial charge on any atom is 0.0978 e. The van der Waals surface area contributed by atoms with E-state index in [1.807, 2.05) is 6.92 Å². The van der Waals surface area contributed by atoms with Crippen molar-refractivity contribution in [2.75, 3.05) is 6.54 Å². The predicted molar refractivity (Wildman–Crippen MR) is 44.1 cm³/mol. The van der Waals surface area contributed by atoms with Gasteiger partial charge < -0.3 is 5.32 Å². The Hall–Kier alpha value is -0.790. The van der Waals surface area contributed by atoms with E-state index in [0.29, 0.717) is 0 Å². The maximum absolute atomic E-state index is 4.21. The summed E-state index contributed by atoms with van der Waals surface area (Å²) >= 11 is 0. The zero-order valence-corrected chi connectivity index (χ0v) is 6.65. The van der Waals surface area contributed by atoms with Crippen LogP contribution in [0.1, 0.15) is 26.7 Å². The molecule has 0 radical (unpaired) electrons. The molecule has 2 heteroatoms. The van der Waals surface area contributed by atoms with Crippen LogP contribution in [0.15, 0.2) is 16.8 Å². The molecule has 1 aliphatic heterocycles. The summed E-state index contributed by atoms with van der Waals surface area (Å²) in [5.41, 5.74) is 1.26. The lowest BCUT2D eigenvalue weighted by atomic mass is 10.3. The highest BCUT2D eigenvalue weighted by Gasteiger charge is 2.03. The van der Waals surface area contributed by atoms with Gasteiger partial charge in [0.1, 0.15) is 0 Å². The smallest absolute Gasteiger partial charge is 0.0978 e. The van der Waals surface area contributed by atoms with E-state index in [2.05, 4.69) is 23.3 Å². The molecule has 0 saturated carbocycles. The summed E-state index contributed by atoms with van der Waals surface area (Å²) in [4.78, 5) is 4.21. The van der Waals surface area contributed by atoms with E-state index in [4.69, 9.17) is 0 Å². The van der Waals surface area contributed by atoms with Crippen LogP contribution in [0.2, 0.25) is 0 Å². The summed E-state index contributed by atoms with van der Waals surface area (Å²) < 4.78 is 0. The highest BCUT2D eigenvalue weighted by atomic mass is 15.1. The summed E-state index contributed by atoms with van der Waals surface area (Å²) in [6, 6.07) is 0. The van der Waals surface area contributed by atoms with Crippen LogP contribution in [-0.4, -0.2) is 12.4 Å². The fourth-order valence-corrected chi connectivity index (χ4v) is 0.949. The van der Waals surface area contributed by atoms with E-state index in [1.54, 1.807) is 0 Å². The highest BCUT2D eigenvalue weighted by Crippen LogP contribution is 2.01. The fraction of sp³-hybridized carbons (Fsp3) is 0.625. The number of allylic oxidation sites excluding steroid dienone is 1. The van der Waals surface area contributed by atoms with Crippen LogP contribution in [0.4, 0.5) is 0 Å². The number of hydrogen-bond acceptors (Lipinski definition) is 2. The van der Waals surface area contributed by atoms with Gasteiger partial charge in [-0.3, -0.25) is 4.99 Å². The molecule has 0 aromatic heterocycles. The molecule has 0 unspecified atom stereocenters. The van der Waals surface area contributed by atoms with Crippen molar-refractivity contribution >= 4 is 5.84 Å². The van der Waals surface area contributed by atoms with Crippen LogP contribution < -0.4 is 5.32 Å². The van der Waals surface area contributed by atoms with E-state index in [1.165, 1.54) is 12.1 Å². The maximum atomic E-state index is 4.21. The van der Waals surface area contributed by atoms with Gasteiger partial charge in [-0.25, -0.2) is 0 Å². The molecular weight excluding hydrogens is 124 g/mol. The van der Waals surface area contributed by atoms with Gasteiger partial charge in [-0.1, -0.05) is 19.4 Å². The summed E-state index contributed by atoms with van der Waals surface area (Å²) in [5.74, 6) is 1.04. The molecule has 0 aromatic rings. The molecule has 10 heavy (non-hydrogen) atoms. The molecule has 0 amide bonds. The van der Waals surface area contributed by atoms with Crippen LogP contribution in [0.25, 0.3) is 0 Å². The average molecular weight is 138 g/mol. The lowest BCUT2D eigenvalue weighted by Crippen LogP contribution is -2.12. The van der Waals surface area contributed by atoms with Gasteiger partial charge in [0, 0.05) is 5.70 Å². The fourth-order valence-electron chi connectivity index (χ4n) is 0.949. The van der Waals surface area contributed by atoms with Crippen LogP contribution in [0.5, 0.6) is 0 Å². The Morgan fingerprint density at radius 1 is 1.70 bits per heavy atom. The molecule has 1 rings (SSSR count). The number of unbranched alkanes of at least 4 members (excludes halogenated alkanes) is 1. The number of nitrogens with one attached hydrogen (secondary N) is 1. The molecular formula is C8H14N2. The molecule has 0 atom stereocenters. The Labute approximate surface area is 62.0 Å². The Kier molecular flexibility index (Phi) is 2.49. The van der Waals surface area contributed by atoms with Crippen molar-refractivity contribution in [3.8, 4) is 0 Å². The van der Waals surface area contributed by atoms with Gasteiger partial charge in [-0.15, -0.1) is 0 Å². The third-order valence-corrected chi connectivity index (χ3v) is 1.51. The average Bonchev–Trinajstić information content (AvgIpc) is 2.31. The minimum Gasteiger partial charge on any atom is -0.346 e. The molecule has 1 aliphatic rings. The second kappa shape index (κ2) is 3.40. The van der Waals surface area contributed by atoms with Crippen molar-refractivity contribution in [2.45, 2.75) is 26.7 Å². The first-order chi connectivity index (χ1) is 4.83. The highest BCUT2D eigenvalue weighted by molar-refractivity contribution is 5.83. The summed E-state index contributed by atoms with van der Waals surface area (Å²) in [6.45, 7) is 5.03. The second-order valence-electron chi connectivity index (χ2n) is 2.54. The zero-order chi connectivity index (χ0) is 7.40. The Morgan fingerprint density at radius 3 is 3.00 bits per heavy atom. The molecule has 0 saturated heterocycles. The number of aliphatic imine (C=N–C) groups is 1. The standard InChI is InChI=1S/C8H14N2/c1-3-4-5-8-6-9-7(2)10-8/h5H,3-4,6H2,1-2H3,(H,9,10)/b8-5+. The molecule has 0 fully saturated rings. The minimum atomic E-state index is 0.853. The quantitative estimate of drug-likeness (QED) is 0.617. The van der Waals surface area contributed by atoms with E-state index < -0.39 is 0 Å². The third kappa shape index (κ3) is 1.87. The van der Waals surface area contributed by atoms with Crippen molar-refractivity contribution in [3.05, 3.63) is 11.8 Å². The number of amidine groups is 1. The van der Waals surface area contributed by atoms with Gasteiger partial charge >= 0.3 is 0 Å². The first-order valence-electron chi connectivity index (χ1n) is 3.80. The molecule has 0 spiro atoms. The third-order valence-electron chi connectivity index (χ3n) is 1.51. The van der Waals surface area contributed by atoms with Gasteiger partial charge in [-0.05, 0) is 13.3 Å². The number of nitrogens with zero attached hydrogens (tertiary/aromatic N) is 1. The molecule has 0 aromatic carbocycles. The number of rotatable bonds is 2. The lowest BCUT2D eigenvalue weighted by molar-refractivity contribution is 0.932. The van der Waals surface area contributed by atoms with Crippen molar-refractivity contribution in [1.29, 1.82) is 0 Å². The Balaban J connectivity index is 2.34.